The number of amidine groups is 1. The number of aliphatic imine (C=N–C) groups is 1. The molecule has 0 radical (unpaired) electrons. The number of sulfone groups is 1. The van der Waals surface area contributed by atoms with Crippen molar-refractivity contribution in [2.24, 2.45) is 26.1 Å². The number of nitrogens with one attached hydrogen (secondary N) is 1. The fourth-order valence-electron chi connectivity index (χ4n) is 3.53. The molecule has 12 nitrogen and oxygen atoms in total. The van der Waals surface area contributed by atoms with E-state index in [0.29, 0.717) is 26.5 Å². The van der Waals surface area contributed by atoms with Gasteiger partial charge in [0.15, 0.2) is 27.5 Å². The van der Waals surface area contributed by atoms with Gasteiger partial charge in [-0.15, -0.1) is 5.11 Å². The Hall–Kier alpha value is -3.11. The number of thiazole rings is 1. The van der Waals surface area contributed by atoms with Gasteiger partial charge in [-0.3, -0.25) is 4.79 Å². The van der Waals surface area contributed by atoms with Gasteiger partial charge in [0.2, 0.25) is 15.9 Å². The Kier molecular flexibility index (Phi) is 6.30. The SMILES string of the molecule is CC(=O)Nc1nc2c(-c3ccc(S(=O)(=O)CCN)c(S(N)(=O)=O)c3C3=NCN=N3)cccc2s1. The van der Waals surface area contributed by atoms with Crippen LogP contribution in [0, 0.1) is 0 Å². The minimum Gasteiger partial charge on any atom is -0.329 e. The number of fused-ring (bicyclic) bond motifs is 1. The van der Waals surface area contributed by atoms with Crippen molar-refractivity contribution < 1.29 is 21.6 Å². The number of nitrogens with zero attached hydrogens (tertiary/aromatic N) is 4. The van der Waals surface area contributed by atoms with Crippen molar-refractivity contribution >= 4 is 58.3 Å². The molecule has 0 aliphatic carbocycles. The van der Waals surface area contributed by atoms with E-state index in [0.717, 1.165) is 0 Å². The molecule has 34 heavy (non-hydrogen) atoms. The van der Waals surface area contributed by atoms with Gasteiger partial charge >= 0.3 is 0 Å². The van der Waals surface area contributed by atoms with Gasteiger partial charge in [-0.2, -0.15) is 5.11 Å². The molecule has 0 saturated heterocycles. The number of benzene rings is 2. The molecule has 0 fully saturated rings. The number of para-hydroxylation sites is 1. The Balaban J connectivity index is 2.10. The quantitative estimate of drug-likeness (QED) is 0.418. The lowest BCUT2D eigenvalue weighted by atomic mass is 9.98. The third kappa shape index (κ3) is 4.47. The molecular formula is C19H19N7O5S3. The number of carbonyl (C=O) groups is 1. The highest BCUT2D eigenvalue weighted by atomic mass is 32.2. The van der Waals surface area contributed by atoms with Gasteiger partial charge in [-0.1, -0.05) is 29.5 Å². The molecule has 1 aromatic heterocycles. The summed E-state index contributed by atoms with van der Waals surface area (Å²) in [7, 11) is -8.67. The lowest BCUT2D eigenvalue weighted by molar-refractivity contribution is -0.114. The maximum atomic E-state index is 12.9. The number of sulfonamides is 1. The van der Waals surface area contributed by atoms with Crippen molar-refractivity contribution in [2.75, 3.05) is 24.3 Å². The Morgan fingerprint density at radius 1 is 1.15 bits per heavy atom. The predicted molar refractivity (Wildman–Crippen MR) is 128 cm³/mol. The highest BCUT2D eigenvalue weighted by Crippen LogP contribution is 2.39. The molecule has 0 spiro atoms. The fourth-order valence-corrected chi connectivity index (χ4v) is 7.22. The Bertz CT molecular complexity index is 1590. The van der Waals surface area contributed by atoms with Crippen molar-refractivity contribution in [3.63, 3.8) is 0 Å². The summed E-state index contributed by atoms with van der Waals surface area (Å²) in [5.74, 6) is -0.851. The van der Waals surface area contributed by atoms with Crippen LogP contribution < -0.4 is 16.2 Å². The molecule has 4 rings (SSSR count). The third-order valence-corrected chi connectivity index (χ3v) is 8.63. The molecule has 1 amide bonds. The first-order chi connectivity index (χ1) is 16.0. The van der Waals surface area contributed by atoms with Crippen molar-refractivity contribution in [1.29, 1.82) is 0 Å². The summed E-state index contributed by atoms with van der Waals surface area (Å²) in [6, 6.07) is 7.83. The third-order valence-electron chi connectivity index (χ3n) is 4.79. The lowest BCUT2D eigenvalue weighted by Gasteiger charge is -2.17. The van der Waals surface area contributed by atoms with Crippen LogP contribution in [0.4, 0.5) is 5.13 Å². The second-order valence-corrected chi connectivity index (χ2v) is 11.8. The average molecular weight is 522 g/mol. The first-order valence-electron chi connectivity index (χ1n) is 9.75. The zero-order valence-corrected chi connectivity index (χ0v) is 20.2. The lowest BCUT2D eigenvalue weighted by Crippen LogP contribution is -2.24. The number of rotatable bonds is 7. The summed E-state index contributed by atoms with van der Waals surface area (Å²) >= 11 is 1.23. The van der Waals surface area contributed by atoms with E-state index in [9.17, 15) is 21.6 Å². The minimum absolute atomic E-state index is 0.0494. The van der Waals surface area contributed by atoms with Gasteiger partial charge in [-0.25, -0.2) is 32.0 Å². The van der Waals surface area contributed by atoms with Crippen LogP contribution in [-0.2, 0) is 24.7 Å². The second kappa shape index (κ2) is 8.92. The van der Waals surface area contributed by atoms with Crippen molar-refractivity contribution in [3.05, 3.63) is 35.9 Å². The van der Waals surface area contributed by atoms with Gasteiger partial charge in [0.25, 0.3) is 0 Å². The van der Waals surface area contributed by atoms with Crippen molar-refractivity contribution in [1.82, 2.24) is 4.98 Å². The molecule has 2 aromatic carbocycles. The number of hydrogen-bond acceptors (Lipinski definition) is 11. The molecule has 5 N–H and O–H groups in total. The molecule has 0 bridgehead atoms. The number of aromatic nitrogens is 1. The largest absolute Gasteiger partial charge is 0.329 e. The molecule has 3 aromatic rings. The highest BCUT2D eigenvalue weighted by molar-refractivity contribution is 7.93. The van der Waals surface area contributed by atoms with Crippen LogP contribution in [0.25, 0.3) is 21.3 Å². The monoisotopic (exact) mass is 521 g/mol. The summed E-state index contributed by atoms with van der Waals surface area (Å²) in [5, 5.41) is 16.2. The van der Waals surface area contributed by atoms with Crippen LogP contribution in [0.2, 0.25) is 0 Å². The van der Waals surface area contributed by atoms with E-state index in [4.69, 9.17) is 10.9 Å². The summed E-state index contributed by atoms with van der Waals surface area (Å²) in [4.78, 5) is 19.0. The summed E-state index contributed by atoms with van der Waals surface area (Å²) in [6.07, 6.45) is 0. The predicted octanol–water partition coefficient (Wildman–Crippen LogP) is 1.47. The number of carbonyl (C=O) groups excluding carboxylic acids is 1. The first-order valence-corrected chi connectivity index (χ1v) is 13.8. The van der Waals surface area contributed by atoms with Gasteiger partial charge in [0.05, 0.1) is 26.4 Å². The van der Waals surface area contributed by atoms with E-state index >= 15 is 0 Å². The summed E-state index contributed by atoms with van der Waals surface area (Å²) in [6.45, 7) is 1.09. The number of azo groups is 1. The minimum atomic E-state index is -4.57. The van der Waals surface area contributed by atoms with Crippen LogP contribution in [0.3, 0.4) is 0 Å². The first kappa shape index (κ1) is 24.0. The number of primary sulfonamides is 1. The van der Waals surface area contributed by atoms with Gasteiger partial charge in [0.1, 0.15) is 4.90 Å². The fraction of sp³-hybridized carbons (Fsp3) is 0.211. The zero-order valence-electron chi connectivity index (χ0n) is 17.7. The van der Waals surface area contributed by atoms with Gasteiger partial charge < -0.3 is 11.1 Å². The Labute approximate surface area is 198 Å². The van der Waals surface area contributed by atoms with Crippen molar-refractivity contribution in [2.45, 2.75) is 16.7 Å². The van der Waals surface area contributed by atoms with E-state index in [1.54, 1.807) is 18.2 Å². The van der Waals surface area contributed by atoms with Crippen LogP contribution in [0.15, 0.2) is 55.3 Å². The van der Waals surface area contributed by atoms with Crippen LogP contribution >= 0.6 is 11.3 Å². The van der Waals surface area contributed by atoms with Crippen LogP contribution in [0.5, 0.6) is 0 Å². The smallest absolute Gasteiger partial charge is 0.240 e. The highest BCUT2D eigenvalue weighted by Gasteiger charge is 2.32. The molecular weight excluding hydrogens is 502 g/mol. The second-order valence-electron chi connectivity index (χ2n) is 7.19. The molecule has 178 valence electrons. The maximum Gasteiger partial charge on any atom is 0.240 e. The molecule has 0 saturated carbocycles. The average Bonchev–Trinajstić information content (AvgIpc) is 3.40. The van der Waals surface area contributed by atoms with E-state index in [2.05, 4.69) is 25.5 Å². The van der Waals surface area contributed by atoms with Crippen LogP contribution in [0.1, 0.15) is 12.5 Å². The standard InChI is InChI=1S/C19H19N7O5S3/c1-10(27)24-19-25-16-12(3-2-4-13(16)32-19)11-5-6-14(33(28,29)8-7-20)17(34(21,30)31)15(11)18-22-9-23-26-18/h2-6H,7-9,20H2,1H3,(H2,21,30,31)(H,24,25,27). The number of nitrogens with two attached hydrogens (primary N) is 2. The normalized spacial score (nSPS) is 13.9. The van der Waals surface area contributed by atoms with Crippen molar-refractivity contribution in [3.8, 4) is 11.1 Å². The Morgan fingerprint density at radius 3 is 2.53 bits per heavy atom. The topological polar surface area (TPSA) is 199 Å². The summed E-state index contributed by atoms with van der Waals surface area (Å²) in [5.41, 5.74) is 6.57. The maximum absolute atomic E-state index is 12.9. The molecule has 2 heterocycles. The van der Waals surface area contributed by atoms with E-state index < -0.39 is 35.4 Å². The molecule has 15 heteroatoms. The number of amides is 1. The van der Waals surface area contributed by atoms with E-state index in [1.165, 1.54) is 30.4 Å². The number of anilines is 1. The molecule has 0 unspecified atom stereocenters. The summed E-state index contributed by atoms with van der Waals surface area (Å²) < 4.78 is 52.0. The molecule has 1 aliphatic rings. The van der Waals surface area contributed by atoms with Gasteiger partial charge in [0, 0.05) is 19.0 Å². The van der Waals surface area contributed by atoms with E-state index in [1.807, 2.05) is 0 Å². The van der Waals surface area contributed by atoms with Crippen LogP contribution in [-0.4, -0.2) is 52.5 Å². The van der Waals surface area contributed by atoms with Gasteiger partial charge in [-0.05, 0) is 17.7 Å². The van der Waals surface area contributed by atoms with E-state index in [-0.39, 0.29) is 30.5 Å². The number of hydrogen-bond donors (Lipinski definition) is 3. The molecule has 0 atom stereocenters. The zero-order chi connectivity index (χ0) is 24.7. The molecule has 1 aliphatic heterocycles. The Morgan fingerprint density at radius 2 is 1.91 bits per heavy atom.